The quantitative estimate of drug-likeness (QED) is 0.680. The Balaban J connectivity index is 1.31. The molecule has 0 radical (unpaired) electrons. The number of likely N-dealkylation sites (tertiary alicyclic amines) is 1. The molecule has 1 saturated heterocycles. The lowest BCUT2D eigenvalue weighted by molar-refractivity contribution is 0.459. The van der Waals surface area contributed by atoms with Crippen LogP contribution in [-0.2, 0) is 25.9 Å². The Kier molecular flexibility index (Phi) is 5.23. The van der Waals surface area contributed by atoms with Crippen LogP contribution in [0.3, 0.4) is 0 Å². The lowest BCUT2D eigenvalue weighted by atomic mass is 9.99. The number of fused-ring (bicyclic) bond motifs is 1. The molecule has 3 heterocycles. The molecular formula is C21H29N5. The second-order valence-corrected chi connectivity index (χ2v) is 7.49. The Morgan fingerprint density at radius 2 is 2.12 bits per heavy atom. The maximum Gasteiger partial charge on any atom is 0.193 e. The number of aryl methyl sites for hydroxylation is 2. The van der Waals surface area contributed by atoms with Crippen molar-refractivity contribution < 1.29 is 0 Å². The molecule has 26 heavy (non-hydrogen) atoms. The van der Waals surface area contributed by atoms with Crippen LogP contribution in [0.15, 0.2) is 41.5 Å². The van der Waals surface area contributed by atoms with Crippen molar-refractivity contribution in [1.82, 2.24) is 19.8 Å². The molecule has 2 aromatic rings. The van der Waals surface area contributed by atoms with Crippen LogP contribution < -0.4 is 5.32 Å². The van der Waals surface area contributed by atoms with Gasteiger partial charge in [0.2, 0.25) is 0 Å². The summed E-state index contributed by atoms with van der Waals surface area (Å²) in [6.45, 7) is 4.03. The van der Waals surface area contributed by atoms with Crippen LogP contribution in [-0.4, -0.2) is 40.5 Å². The number of hydrogen-bond donors (Lipinski definition) is 1. The van der Waals surface area contributed by atoms with E-state index in [1.807, 2.05) is 7.05 Å². The molecule has 1 fully saturated rings. The lowest BCUT2D eigenvalue weighted by Crippen LogP contribution is -2.39. The molecule has 138 valence electrons. The van der Waals surface area contributed by atoms with Gasteiger partial charge >= 0.3 is 0 Å². The monoisotopic (exact) mass is 351 g/mol. The van der Waals surface area contributed by atoms with Crippen LogP contribution in [0.2, 0.25) is 0 Å². The van der Waals surface area contributed by atoms with Gasteiger partial charge in [-0.15, -0.1) is 0 Å². The van der Waals surface area contributed by atoms with Crippen molar-refractivity contribution in [2.24, 2.45) is 10.9 Å². The topological polar surface area (TPSA) is 45.5 Å². The molecule has 0 saturated carbocycles. The van der Waals surface area contributed by atoms with E-state index in [-0.39, 0.29) is 0 Å². The standard InChI is InChI=1S/C21H29N5/c1-22-21(23-14-19-16-25-11-6-5-9-20(25)24-19)26-12-10-18(15-26)13-17-7-3-2-4-8-17/h2-4,7-8,16,18H,5-6,9-15H2,1H3,(H,22,23). The number of nitrogens with zero attached hydrogens (tertiary/aromatic N) is 4. The zero-order valence-corrected chi connectivity index (χ0v) is 15.7. The first-order valence-electron chi connectivity index (χ1n) is 9.86. The van der Waals surface area contributed by atoms with Gasteiger partial charge in [0.25, 0.3) is 0 Å². The van der Waals surface area contributed by atoms with Gasteiger partial charge < -0.3 is 14.8 Å². The smallest absolute Gasteiger partial charge is 0.193 e. The summed E-state index contributed by atoms with van der Waals surface area (Å²) in [6.07, 6.45) is 8.24. The summed E-state index contributed by atoms with van der Waals surface area (Å²) in [5, 5.41) is 3.52. The van der Waals surface area contributed by atoms with Crippen molar-refractivity contribution in [1.29, 1.82) is 0 Å². The summed E-state index contributed by atoms with van der Waals surface area (Å²) in [4.78, 5) is 11.7. The first-order valence-corrected chi connectivity index (χ1v) is 9.86. The van der Waals surface area contributed by atoms with Crippen molar-refractivity contribution in [3.63, 3.8) is 0 Å². The van der Waals surface area contributed by atoms with Crippen molar-refractivity contribution in [2.75, 3.05) is 20.1 Å². The lowest BCUT2D eigenvalue weighted by Gasteiger charge is -2.21. The van der Waals surface area contributed by atoms with E-state index in [1.165, 1.54) is 30.7 Å². The predicted molar refractivity (Wildman–Crippen MR) is 105 cm³/mol. The highest BCUT2D eigenvalue weighted by Crippen LogP contribution is 2.21. The van der Waals surface area contributed by atoms with E-state index < -0.39 is 0 Å². The molecule has 1 unspecified atom stereocenters. The van der Waals surface area contributed by atoms with E-state index in [1.54, 1.807) is 0 Å². The van der Waals surface area contributed by atoms with Crippen LogP contribution >= 0.6 is 0 Å². The third-order valence-corrected chi connectivity index (χ3v) is 5.55. The highest BCUT2D eigenvalue weighted by Gasteiger charge is 2.25. The van der Waals surface area contributed by atoms with Gasteiger partial charge in [-0.05, 0) is 37.2 Å². The summed E-state index contributed by atoms with van der Waals surface area (Å²) in [7, 11) is 1.88. The van der Waals surface area contributed by atoms with E-state index in [4.69, 9.17) is 4.98 Å². The van der Waals surface area contributed by atoms with Gasteiger partial charge in [0.05, 0.1) is 12.2 Å². The number of rotatable bonds is 4. The van der Waals surface area contributed by atoms with Gasteiger partial charge in [-0.2, -0.15) is 0 Å². The van der Waals surface area contributed by atoms with Crippen molar-refractivity contribution in [3.8, 4) is 0 Å². The summed E-state index contributed by atoms with van der Waals surface area (Å²) in [5.41, 5.74) is 2.56. The fourth-order valence-corrected chi connectivity index (χ4v) is 4.20. The number of nitrogens with one attached hydrogen (secondary N) is 1. The van der Waals surface area contributed by atoms with Crippen LogP contribution in [0.5, 0.6) is 0 Å². The average molecular weight is 351 g/mol. The molecule has 0 aliphatic carbocycles. The van der Waals surface area contributed by atoms with Crippen molar-refractivity contribution in [2.45, 2.75) is 45.2 Å². The predicted octanol–water partition coefficient (Wildman–Crippen LogP) is 2.86. The van der Waals surface area contributed by atoms with Gasteiger partial charge in [-0.25, -0.2) is 4.98 Å². The molecule has 1 atom stereocenters. The fourth-order valence-electron chi connectivity index (χ4n) is 4.20. The van der Waals surface area contributed by atoms with Crippen molar-refractivity contribution >= 4 is 5.96 Å². The number of imidazole rings is 1. The number of aliphatic imine (C=N–C) groups is 1. The van der Waals surface area contributed by atoms with Crippen LogP contribution in [0.25, 0.3) is 0 Å². The van der Waals surface area contributed by atoms with E-state index in [2.05, 4.69) is 56.3 Å². The van der Waals surface area contributed by atoms with Crippen LogP contribution in [0.1, 0.15) is 36.3 Å². The molecule has 2 aliphatic rings. The SMILES string of the molecule is CN=C(NCc1cn2c(n1)CCCC2)N1CCC(Cc2ccccc2)C1. The van der Waals surface area contributed by atoms with E-state index >= 15 is 0 Å². The van der Waals surface area contributed by atoms with Gasteiger partial charge in [0, 0.05) is 39.3 Å². The number of benzene rings is 1. The third kappa shape index (κ3) is 3.92. The first kappa shape index (κ1) is 17.1. The molecule has 0 amide bonds. The molecule has 4 rings (SSSR count). The van der Waals surface area contributed by atoms with Gasteiger partial charge in [-0.1, -0.05) is 30.3 Å². The number of aromatic nitrogens is 2. The normalized spacial score (nSPS) is 20.3. The largest absolute Gasteiger partial charge is 0.351 e. The summed E-state index contributed by atoms with van der Waals surface area (Å²) in [5.74, 6) is 2.95. The van der Waals surface area contributed by atoms with Gasteiger partial charge in [-0.3, -0.25) is 4.99 Å². The molecule has 0 spiro atoms. The fraction of sp³-hybridized carbons (Fsp3) is 0.524. The Labute approximate surface area is 156 Å². The average Bonchev–Trinajstić information content (AvgIpc) is 3.30. The Hall–Kier alpha value is -2.30. The second kappa shape index (κ2) is 7.94. The molecule has 0 bridgehead atoms. The molecule has 5 heteroatoms. The Morgan fingerprint density at radius 1 is 1.23 bits per heavy atom. The molecule has 5 nitrogen and oxygen atoms in total. The van der Waals surface area contributed by atoms with Crippen LogP contribution in [0, 0.1) is 5.92 Å². The minimum absolute atomic E-state index is 0.705. The summed E-state index contributed by atoms with van der Waals surface area (Å²) in [6, 6.07) is 10.8. The Morgan fingerprint density at radius 3 is 2.92 bits per heavy atom. The van der Waals surface area contributed by atoms with E-state index in [9.17, 15) is 0 Å². The number of guanidine groups is 1. The minimum Gasteiger partial charge on any atom is -0.351 e. The van der Waals surface area contributed by atoms with Gasteiger partial charge in [0.15, 0.2) is 5.96 Å². The first-order chi connectivity index (χ1) is 12.8. The summed E-state index contributed by atoms with van der Waals surface area (Å²) < 4.78 is 2.31. The zero-order valence-electron chi connectivity index (χ0n) is 15.7. The molecule has 1 aromatic heterocycles. The summed E-state index contributed by atoms with van der Waals surface area (Å²) >= 11 is 0. The molecule has 2 aliphatic heterocycles. The molecule has 1 aromatic carbocycles. The molecule has 1 N–H and O–H groups in total. The van der Waals surface area contributed by atoms with Crippen LogP contribution in [0.4, 0.5) is 0 Å². The maximum atomic E-state index is 4.78. The third-order valence-electron chi connectivity index (χ3n) is 5.55. The number of hydrogen-bond acceptors (Lipinski definition) is 2. The maximum absolute atomic E-state index is 4.78. The highest BCUT2D eigenvalue weighted by molar-refractivity contribution is 5.80. The second-order valence-electron chi connectivity index (χ2n) is 7.49. The van der Waals surface area contributed by atoms with E-state index in [0.717, 1.165) is 50.7 Å². The Bertz CT molecular complexity index is 726. The highest BCUT2D eigenvalue weighted by atomic mass is 15.3. The van der Waals surface area contributed by atoms with Gasteiger partial charge in [0.1, 0.15) is 5.82 Å². The minimum atomic E-state index is 0.705. The molecular weight excluding hydrogens is 322 g/mol. The van der Waals surface area contributed by atoms with Crippen molar-refractivity contribution in [3.05, 3.63) is 53.6 Å². The zero-order chi connectivity index (χ0) is 17.8. The van der Waals surface area contributed by atoms with E-state index in [0.29, 0.717) is 5.92 Å².